The van der Waals surface area contributed by atoms with E-state index >= 15 is 0 Å². The fraction of sp³-hybridized carbons (Fsp3) is 0.286. The van der Waals surface area contributed by atoms with Gasteiger partial charge < -0.3 is 10.2 Å². The van der Waals surface area contributed by atoms with E-state index in [4.69, 9.17) is 9.97 Å². The highest BCUT2D eigenvalue weighted by Gasteiger charge is 2.10. The molecule has 5 nitrogen and oxygen atoms in total. The number of hydrogen-bond donors (Lipinski definition) is 1. The van der Waals surface area contributed by atoms with Gasteiger partial charge in [-0.05, 0) is 18.6 Å². The highest BCUT2D eigenvalue weighted by Crippen LogP contribution is 2.22. The summed E-state index contributed by atoms with van der Waals surface area (Å²) >= 11 is 0. The normalized spacial score (nSPS) is 10.5. The maximum absolute atomic E-state index is 4.77. The van der Waals surface area contributed by atoms with Crippen molar-refractivity contribution in [2.75, 3.05) is 23.8 Å². The number of benzene rings is 1. The van der Waals surface area contributed by atoms with E-state index in [2.05, 4.69) is 29.2 Å². The Morgan fingerprint density at radius 1 is 1.00 bits per heavy atom. The zero-order valence-corrected chi connectivity index (χ0v) is 15.4. The van der Waals surface area contributed by atoms with Crippen molar-refractivity contribution in [3.63, 3.8) is 0 Å². The van der Waals surface area contributed by atoms with Crippen molar-refractivity contribution in [1.82, 2.24) is 15.0 Å². The number of aromatic nitrogens is 3. The summed E-state index contributed by atoms with van der Waals surface area (Å²) < 4.78 is 0. The third-order valence-corrected chi connectivity index (χ3v) is 4.16. The zero-order chi connectivity index (χ0) is 18.2. The quantitative estimate of drug-likeness (QED) is 0.655. The molecular formula is C21H25N5. The van der Waals surface area contributed by atoms with Gasteiger partial charge in [0, 0.05) is 31.4 Å². The van der Waals surface area contributed by atoms with Gasteiger partial charge in [-0.15, -0.1) is 0 Å². The van der Waals surface area contributed by atoms with Gasteiger partial charge >= 0.3 is 0 Å². The fourth-order valence-electron chi connectivity index (χ4n) is 2.63. The van der Waals surface area contributed by atoms with Crippen LogP contribution in [0.25, 0.3) is 11.4 Å². The molecule has 0 saturated heterocycles. The van der Waals surface area contributed by atoms with Crippen molar-refractivity contribution in [3.8, 4) is 11.4 Å². The third-order valence-electron chi connectivity index (χ3n) is 4.16. The first-order chi connectivity index (χ1) is 12.8. The first kappa shape index (κ1) is 17.9. The van der Waals surface area contributed by atoms with Crippen molar-refractivity contribution >= 4 is 11.6 Å². The van der Waals surface area contributed by atoms with Crippen LogP contribution < -0.4 is 10.2 Å². The van der Waals surface area contributed by atoms with Gasteiger partial charge in [0.25, 0.3) is 0 Å². The molecule has 0 saturated carbocycles. The van der Waals surface area contributed by atoms with E-state index in [1.165, 1.54) is 0 Å². The van der Waals surface area contributed by atoms with E-state index in [9.17, 15) is 0 Å². The van der Waals surface area contributed by atoms with Crippen LogP contribution in [0.1, 0.15) is 25.5 Å². The van der Waals surface area contributed by atoms with Crippen molar-refractivity contribution in [3.05, 3.63) is 66.5 Å². The van der Waals surface area contributed by atoms with Crippen LogP contribution in [0.4, 0.5) is 11.6 Å². The second-order valence-electron chi connectivity index (χ2n) is 6.25. The maximum Gasteiger partial charge on any atom is 0.163 e. The summed E-state index contributed by atoms with van der Waals surface area (Å²) in [6.07, 6.45) is 4.10. The van der Waals surface area contributed by atoms with E-state index in [0.29, 0.717) is 6.54 Å². The predicted molar refractivity (Wildman–Crippen MR) is 107 cm³/mol. The number of nitrogens with one attached hydrogen (secondary N) is 1. The second kappa shape index (κ2) is 8.94. The van der Waals surface area contributed by atoms with Gasteiger partial charge in [-0.1, -0.05) is 49.7 Å². The Hall–Kier alpha value is -2.95. The number of nitrogens with zero attached hydrogens (tertiary/aromatic N) is 4. The first-order valence-electron chi connectivity index (χ1n) is 9.05. The van der Waals surface area contributed by atoms with Gasteiger partial charge in [-0.2, -0.15) is 0 Å². The molecular weight excluding hydrogens is 322 g/mol. The lowest BCUT2D eigenvalue weighted by Crippen LogP contribution is -2.20. The molecule has 3 aromatic rings. The Kier molecular flexibility index (Phi) is 6.14. The highest BCUT2D eigenvalue weighted by atomic mass is 15.2. The van der Waals surface area contributed by atoms with Gasteiger partial charge in [0.1, 0.15) is 11.6 Å². The van der Waals surface area contributed by atoms with Crippen LogP contribution in [0.2, 0.25) is 0 Å². The minimum Gasteiger partial charge on any atom is -0.364 e. The molecule has 1 N–H and O–H groups in total. The molecule has 2 heterocycles. The van der Waals surface area contributed by atoms with Crippen LogP contribution in [-0.2, 0) is 6.54 Å². The third kappa shape index (κ3) is 4.79. The Bertz CT molecular complexity index is 805. The lowest BCUT2D eigenvalue weighted by molar-refractivity contribution is 0.759. The predicted octanol–water partition coefficient (Wildman–Crippen LogP) is 4.39. The van der Waals surface area contributed by atoms with Crippen LogP contribution >= 0.6 is 0 Å². The van der Waals surface area contributed by atoms with Gasteiger partial charge in [0.2, 0.25) is 0 Å². The average molecular weight is 347 g/mol. The highest BCUT2D eigenvalue weighted by molar-refractivity contribution is 5.61. The van der Waals surface area contributed by atoms with Crippen LogP contribution in [0, 0.1) is 0 Å². The molecule has 3 rings (SSSR count). The SMILES string of the molecule is CCCCN(C)c1cc(NCc2ccccn2)nc(-c2ccccc2)n1. The number of hydrogen-bond acceptors (Lipinski definition) is 5. The lowest BCUT2D eigenvalue weighted by atomic mass is 10.2. The molecule has 0 spiro atoms. The Labute approximate surface area is 155 Å². The van der Waals surface area contributed by atoms with Crippen molar-refractivity contribution in [2.24, 2.45) is 0 Å². The molecule has 5 heteroatoms. The van der Waals surface area contributed by atoms with E-state index in [-0.39, 0.29) is 0 Å². The second-order valence-corrected chi connectivity index (χ2v) is 6.25. The summed E-state index contributed by atoms with van der Waals surface area (Å²) in [4.78, 5) is 16.0. The van der Waals surface area contributed by atoms with E-state index in [1.807, 2.05) is 54.6 Å². The molecule has 0 bridgehead atoms. The Morgan fingerprint density at radius 2 is 1.81 bits per heavy atom. The fourth-order valence-corrected chi connectivity index (χ4v) is 2.63. The smallest absolute Gasteiger partial charge is 0.163 e. The standard InChI is InChI=1S/C21H25N5/c1-3-4-14-26(2)20-15-19(23-16-18-12-8-9-13-22-18)24-21(25-20)17-10-6-5-7-11-17/h5-13,15H,3-4,14,16H2,1-2H3,(H,23,24,25). The largest absolute Gasteiger partial charge is 0.364 e. The molecule has 134 valence electrons. The molecule has 0 aliphatic rings. The van der Waals surface area contributed by atoms with E-state index < -0.39 is 0 Å². The summed E-state index contributed by atoms with van der Waals surface area (Å²) in [5.74, 6) is 2.47. The summed E-state index contributed by atoms with van der Waals surface area (Å²) in [5, 5.41) is 3.38. The van der Waals surface area contributed by atoms with E-state index in [0.717, 1.165) is 48.1 Å². The van der Waals surface area contributed by atoms with Gasteiger partial charge in [-0.3, -0.25) is 4.98 Å². The van der Waals surface area contributed by atoms with Gasteiger partial charge in [-0.25, -0.2) is 9.97 Å². The minimum absolute atomic E-state index is 0.629. The average Bonchev–Trinajstić information content (AvgIpc) is 2.71. The number of rotatable bonds is 8. The van der Waals surface area contributed by atoms with E-state index in [1.54, 1.807) is 6.20 Å². The van der Waals surface area contributed by atoms with Crippen molar-refractivity contribution in [1.29, 1.82) is 0 Å². The summed E-state index contributed by atoms with van der Waals surface area (Å²) in [6, 6.07) is 18.0. The van der Waals surface area contributed by atoms with Gasteiger partial charge in [0.15, 0.2) is 5.82 Å². The molecule has 0 fully saturated rings. The summed E-state index contributed by atoms with van der Waals surface area (Å²) in [5.41, 5.74) is 1.99. The monoisotopic (exact) mass is 347 g/mol. The molecule has 26 heavy (non-hydrogen) atoms. The molecule has 0 aliphatic heterocycles. The van der Waals surface area contributed by atoms with Crippen molar-refractivity contribution < 1.29 is 0 Å². The Morgan fingerprint density at radius 3 is 2.54 bits per heavy atom. The molecule has 0 aliphatic carbocycles. The van der Waals surface area contributed by atoms with Crippen LogP contribution in [0.15, 0.2) is 60.8 Å². The van der Waals surface area contributed by atoms with Crippen LogP contribution in [-0.4, -0.2) is 28.5 Å². The number of pyridine rings is 1. The number of anilines is 2. The summed E-state index contributed by atoms with van der Waals surface area (Å²) in [6.45, 7) is 3.80. The minimum atomic E-state index is 0.629. The lowest BCUT2D eigenvalue weighted by Gasteiger charge is -2.19. The van der Waals surface area contributed by atoms with Gasteiger partial charge in [0.05, 0.1) is 12.2 Å². The number of unbranched alkanes of at least 4 members (excludes halogenated alkanes) is 1. The molecule has 0 amide bonds. The molecule has 2 aromatic heterocycles. The topological polar surface area (TPSA) is 53.9 Å². The Balaban J connectivity index is 1.87. The van der Waals surface area contributed by atoms with Crippen LogP contribution in [0.3, 0.4) is 0 Å². The zero-order valence-electron chi connectivity index (χ0n) is 15.4. The summed E-state index contributed by atoms with van der Waals surface area (Å²) in [7, 11) is 2.08. The van der Waals surface area contributed by atoms with Crippen molar-refractivity contribution in [2.45, 2.75) is 26.3 Å². The molecule has 0 atom stereocenters. The molecule has 0 unspecified atom stereocenters. The molecule has 0 radical (unpaired) electrons. The maximum atomic E-state index is 4.77. The molecule has 1 aromatic carbocycles. The van der Waals surface area contributed by atoms with Crippen LogP contribution in [0.5, 0.6) is 0 Å². The first-order valence-corrected chi connectivity index (χ1v) is 9.05.